The Balaban J connectivity index is 0.00000576. The summed E-state index contributed by atoms with van der Waals surface area (Å²) in [5.41, 5.74) is 2.74. The minimum Gasteiger partial charge on any atom is -0.736 e. The second-order valence-electron chi connectivity index (χ2n) is 9.22. The normalized spacial score (nSPS) is 11.8. The molecule has 0 unspecified atom stereocenters. The van der Waals surface area contributed by atoms with Gasteiger partial charge in [0.2, 0.25) is 0 Å². The smallest absolute Gasteiger partial charge is 0.736 e. The van der Waals surface area contributed by atoms with E-state index in [1.54, 1.807) is 48.5 Å². The third kappa shape index (κ3) is 9.53. The number of benzene rings is 4. The molecule has 0 bridgehead atoms. The largest absolute Gasteiger partial charge is 1.00 e. The number of ether oxygens (including phenoxy) is 2. The zero-order valence-electron chi connectivity index (χ0n) is 25.0. The summed E-state index contributed by atoms with van der Waals surface area (Å²) in [5.74, 6) is -0.726. The van der Waals surface area contributed by atoms with Gasteiger partial charge in [0, 0.05) is 11.1 Å². The number of nitrogens with zero attached hydrogens (tertiary/aromatic N) is 2. The fraction of sp³-hybridized carbons (Fsp3) is 0.0588. The van der Waals surface area contributed by atoms with Gasteiger partial charge in [0.1, 0.15) is 0 Å². The fourth-order valence-corrected chi connectivity index (χ4v) is 4.76. The SMILES string of the molecule is COc1cc(C=CC(=O)c2ccc(C#N)cc2)ccc1OP(=O)([O-])Oc1ccc(C=CC(=O)c2ccc(C#N)cc2)cc1OC.[Na+]. The van der Waals surface area contributed by atoms with Gasteiger partial charge in [-0.1, -0.05) is 24.3 Å². The maximum Gasteiger partial charge on any atom is 1.00 e. The minimum absolute atomic E-state index is 0. The molecule has 224 valence electrons. The number of carbonyl (C=O) groups is 2. The van der Waals surface area contributed by atoms with Gasteiger partial charge in [-0.05, 0) is 96.1 Å². The van der Waals surface area contributed by atoms with Gasteiger partial charge in [0.05, 0.1) is 37.5 Å². The molecular weight excluding hydrogens is 618 g/mol. The van der Waals surface area contributed by atoms with Crippen LogP contribution in [-0.2, 0) is 4.57 Å². The molecular formula is C34H24N2NaO8P. The van der Waals surface area contributed by atoms with Crippen molar-refractivity contribution in [3.05, 3.63) is 130 Å². The van der Waals surface area contributed by atoms with Crippen LogP contribution < -0.4 is 53.0 Å². The predicted octanol–water partition coefficient (Wildman–Crippen LogP) is 3.17. The molecule has 4 rings (SSSR count). The van der Waals surface area contributed by atoms with Gasteiger partial charge in [-0.3, -0.25) is 9.59 Å². The van der Waals surface area contributed by atoms with Gasteiger partial charge in [-0.25, -0.2) is 4.57 Å². The first-order valence-electron chi connectivity index (χ1n) is 13.2. The summed E-state index contributed by atoms with van der Waals surface area (Å²) in [6.07, 6.45) is 5.73. The molecule has 0 amide bonds. The van der Waals surface area contributed by atoms with Crippen molar-refractivity contribution in [2.75, 3.05) is 14.2 Å². The number of hydrogen-bond donors (Lipinski definition) is 0. The van der Waals surface area contributed by atoms with E-state index in [1.165, 1.54) is 74.9 Å². The molecule has 0 N–H and O–H groups in total. The standard InChI is InChI=1S/C34H25N2O8P.Na/c1-41-33-19-23(7-15-29(37)27-11-3-25(21-35)4-12-27)9-17-31(33)43-45(39,40)44-32-18-10-24(20-34(32)42-2)8-16-30(38)28-13-5-26(22-36)6-14-28;/h3-20H,1-2H3,(H,39,40);/q;+1/p-1. The van der Waals surface area contributed by atoms with Crippen molar-refractivity contribution in [3.8, 4) is 35.1 Å². The van der Waals surface area contributed by atoms with Crippen molar-refractivity contribution in [2.24, 2.45) is 0 Å². The molecule has 0 fully saturated rings. The molecule has 0 aliphatic heterocycles. The molecule has 0 aliphatic carbocycles. The monoisotopic (exact) mass is 642 g/mol. The van der Waals surface area contributed by atoms with Gasteiger partial charge < -0.3 is 23.4 Å². The van der Waals surface area contributed by atoms with Crippen LogP contribution >= 0.6 is 7.82 Å². The van der Waals surface area contributed by atoms with E-state index < -0.39 is 7.82 Å². The summed E-state index contributed by atoms with van der Waals surface area (Å²) in [6, 6.07) is 25.1. The van der Waals surface area contributed by atoms with Crippen LogP contribution in [0.2, 0.25) is 0 Å². The summed E-state index contributed by atoms with van der Waals surface area (Å²) in [4.78, 5) is 37.7. The summed E-state index contributed by atoms with van der Waals surface area (Å²) < 4.78 is 33.7. The van der Waals surface area contributed by atoms with E-state index in [-0.39, 0.29) is 64.1 Å². The van der Waals surface area contributed by atoms with Gasteiger partial charge in [-0.15, -0.1) is 0 Å². The summed E-state index contributed by atoms with van der Waals surface area (Å²) in [7, 11) is -2.34. The Bertz CT molecular complexity index is 1790. The Morgan fingerprint density at radius 1 is 0.652 bits per heavy atom. The van der Waals surface area contributed by atoms with Crippen molar-refractivity contribution in [2.45, 2.75) is 0 Å². The molecule has 0 aliphatic rings. The zero-order chi connectivity index (χ0) is 32.4. The van der Waals surface area contributed by atoms with E-state index >= 15 is 0 Å². The van der Waals surface area contributed by atoms with Gasteiger partial charge in [0.15, 0.2) is 34.6 Å². The summed E-state index contributed by atoms with van der Waals surface area (Å²) >= 11 is 0. The van der Waals surface area contributed by atoms with Gasteiger partial charge in [0.25, 0.3) is 0 Å². The Hall–Kier alpha value is -4.93. The molecule has 12 heteroatoms. The second-order valence-corrected chi connectivity index (χ2v) is 10.5. The minimum atomic E-state index is -5.00. The fourth-order valence-electron chi connectivity index (χ4n) is 3.94. The van der Waals surface area contributed by atoms with Crippen LogP contribution in [0.1, 0.15) is 43.0 Å². The number of allylic oxidation sites excluding steroid dienone is 2. The Morgan fingerprint density at radius 2 is 1.02 bits per heavy atom. The molecule has 0 saturated carbocycles. The van der Waals surface area contributed by atoms with Crippen molar-refractivity contribution >= 4 is 31.5 Å². The average molecular weight is 643 g/mol. The van der Waals surface area contributed by atoms with E-state index in [0.29, 0.717) is 33.4 Å². The Kier molecular flexibility index (Phi) is 12.7. The average Bonchev–Trinajstić information content (AvgIpc) is 3.06. The number of rotatable bonds is 12. The van der Waals surface area contributed by atoms with Crippen LogP contribution in [0.4, 0.5) is 0 Å². The van der Waals surface area contributed by atoms with Crippen LogP contribution in [0.5, 0.6) is 23.0 Å². The number of hydrogen-bond acceptors (Lipinski definition) is 10. The molecule has 10 nitrogen and oxygen atoms in total. The van der Waals surface area contributed by atoms with Crippen LogP contribution in [0.25, 0.3) is 12.2 Å². The Labute approximate surface area is 287 Å². The zero-order valence-corrected chi connectivity index (χ0v) is 27.9. The number of methoxy groups -OCH3 is 2. The van der Waals surface area contributed by atoms with E-state index in [4.69, 9.17) is 29.0 Å². The van der Waals surface area contributed by atoms with Crippen molar-refractivity contribution in [3.63, 3.8) is 0 Å². The molecule has 0 aromatic heterocycles. The van der Waals surface area contributed by atoms with Gasteiger partial charge >= 0.3 is 37.4 Å². The molecule has 0 radical (unpaired) electrons. The van der Waals surface area contributed by atoms with Crippen LogP contribution in [0, 0.1) is 22.7 Å². The maximum atomic E-state index is 12.8. The number of ketones is 2. The van der Waals surface area contributed by atoms with Crippen molar-refractivity contribution in [1.29, 1.82) is 10.5 Å². The van der Waals surface area contributed by atoms with Crippen LogP contribution in [-0.4, -0.2) is 25.8 Å². The predicted molar refractivity (Wildman–Crippen MR) is 164 cm³/mol. The number of carbonyl (C=O) groups excluding carboxylic acids is 2. The Morgan fingerprint density at radius 3 is 1.35 bits per heavy atom. The molecule has 0 heterocycles. The molecule has 0 atom stereocenters. The summed E-state index contributed by atoms with van der Waals surface area (Å²) in [6.45, 7) is 0. The summed E-state index contributed by atoms with van der Waals surface area (Å²) in [5, 5.41) is 17.8. The van der Waals surface area contributed by atoms with Crippen molar-refractivity contribution in [1.82, 2.24) is 0 Å². The maximum absolute atomic E-state index is 12.8. The first-order chi connectivity index (χ1) is 21.6. The first kappa shape index (κ1) is 35.5. The van der Waals surface area contributed by atoms with Gasteiger partial charge in [-0.2, -0.15) is 10.5 Å². The molecule has 46 heavy (non-hydrogen) atoms. The third-order valence-corrected chi connectivity index (χ3v) is 7.09. The van der Waals surface area contributed by atoms with Crippen LogP contribution in [0.15, 0.2) is 97.1 Å². The quantitative estimate of drug-likeness (QED) is 0.0973. The first-order valence-corrected chi connectivity index (χ1v) is 14.6. The van der Waals surface area contributed by atoms with E-state index in [0.717, 1.165) is 0 Å². The number of nitriles is 2. The molecule has 0 saturated heterocycles. The van der Waals surface area contributed by atoms with E-state index in [9.17, 15) is 19.0 Å². The molecule has 4 aromatic carbocycles. The second kappa shape index (κ2) is 16.4. The third-order valence-electron chi connectivity index (χ3n) is 6.25. The van der Waals surface area contributed by atoms with E-state index in [2.05, 4.69) is 0 Å². The van der Waals surface area contributed by atoms with Crippen LogP contribution in [0.3, 0.4) is 0 Å². The number of phosphoric acid groups is 1. The van der Waals surface area contributed by atoms with E-state index in [1.807, 2.05) is 12.1 Å². The molecule has 4 aromatic rings. The molecule has 0 spiro atoms. The number of phosphoric ester groups is 1. The topological polar surface area (TPSA) is 159 Å². The van der Waals surface area contributed by atoms with Crippen molar-refractivity contribution < 1.29 is 67.1 Å².